The number of carbonyl (C=O) groups is 1. The molecule has 0 bridgehead atoms. The summed E-state index contributed by atoms with van der Waals surface area (Å²) in [6.07, 6.45) is 4.80. The predicted molar refractivity (Wildman–Crippen MR) is 79.5 cm³/mol. The largest absolute Gasteiger partial charge is 0.396 e. The second-order valence-corrected chi connectivity index (χ2v) is 6.03. The van der Waals surface area contributed by atoms with Gasteiger partial charge >= 0.3 is 0 Å². The molecule has 0 radical (unpaired) electrons. The molecule has 1 aromatic rings. The van der Waals surface area contributed by atoms with Gasteiger partial charge < -0.3 is 10.6 Å². The lowest BCUT2D eigenvalue weighted by atomic mass is 9.97. The van der Waals surface area contributed by atoms with E-state index in [4.69, 9.17) is 5.73 Å². The highest BCUT2D eigenvalue weighted by molar-refractivity contribution is 5.97. The molecule has 20 heavy (non-hydrogen) atoms. The first-order valence-corrected chi connectivity index (χ1v) is 7.37. The zero-order valence-electron chi connectivity index (χ0n) is 12.8. The van der Waals surface area contributed by atoms with Crippen LogP contribution in [0.4, 0.5) is 5.69 Å². The van der Waals surface area contributed by atoms with Crippen LogP contribution < -0.4 is 5.73 Å². The van der Waals surface area contributed by atoms with Crippen molar-refractivity contribution in [1.29, 1.82) is 0 Å². The zero-order valence-corrected chi connectivity index (χ0v) is 12.8. The Labute approximate surface area is 120 Å². The summed E-state index contributed by atoms with van der Waals surface area (Å²) in [6, 6.07) is 0.478. The number of nitrogens with zero attached hydrogens (tertiary/aromatic N) is 3. The molecule has 0 saturated carbocycles. The molecule has 2 N–H and O–H groups in total. The molecular weight excluding hydrogens is 252 g/mol. The number of anilines is 1. The van der Waals surface area contributed by atoms with E-state index in [1.807, 2.05) is 18.7 Å². The molecule has 2 atom stereocenters. The smallest absolute Gasteiger partial charge is 0.275 e. The fourth-order valence-corrected chi connectivity index (χ4v) is 2.80. The number of aromatic nitrogens is 2. The summed E-state index contributed by atoms with van der Waals surface area (Å²) in [5, 5.41) is 0. The molecule has 5 nitrogen and oxygen atoms in total. The van der Waals surface area contributed by atoms with Crippen LogP contribution in [0.3, 0.4) is 0 Å². The maximum Gasteiger partial charge on any atom is 0.275 e. The average Bonchev–Trinajstić information content (AvgIpc) is 2.38. The van der Waals surface area contributed by atoms with Crippen LogP contribution in [0.2, 0.25) is 0 Å². The number of likely N-dealkylation sites (tertiary alicyclic amines) is 1. The summed E-state index contributed by atoms with van der Waals surface area (Å²) in [5.41, 5.74) is 6.63. The summed E-state index contributed by atoms with van der Waals surface area (Å²) < 4.78 is 0. The van der Waals surface area contributed by atoms with Crippen LogP contribution in [0.5, 0.6) is 0 Å². The average molecular weight is 276 g/mol. The van der Waals surface area contributed by atoms with Gasteiger partial charge in [0.25, 0.3) is 5.91 Å². The first-order valence-electron chi connectivity index (χ1n) is 7.37. The topological polar surface area (TPSA) is 72.1 Å². The van der Waals surface area contributed by atoms with Crippen LogP contribution in [0.15, 0.2) is 6.20 Å². The van der Waals surface area contributed by atoms with Gasteiger partial charge in [0.05, 0.1) is 11.9 Å². The van der Waals surface area contributed by atoms with Gasteiger partial charge in [0, 0.05) is 18.0 Å². The molecule has 1 fully saturated rings. The monoisotopic (exact) mass is 276 g/mol. The fourth-order valence-electron chi connectivity index (χ4n) is 2.80. The van der Waals surface area contributed by atoms with Gasteiger partial charge in [0.2, 0.25) is 0 Å². The lowest BCUT2D eigenvalue weighted by Crippen LogP contribution is -2.48. The Bertz CT molecular complexity index is 491. The van der Waals surface area contributed by atoms with Crippen molar-refractivity contribution in [3.8, 4) is 0 Å². The first kappa shape index (κ1) is 14.8. The maximum atomic E-state index is 12.8. The van der Waals surface area contributed by atoms with Crippen LogP contribution in [-0.4, -0.2) is 32.9 Å². The van der Waals surface area contributed by atoms with E-state index in [1.165, 1.54) is 6.42 Å². The van der Waals surface area contributed by atoms with Gasteiger partial charge in [-0.15, -0.1) is 0 Å². The highest BCUT2D eigenvalue weighted by Gasteiger charge is 2.31. The predicted octanol–water partition coefficient (Wildman–Crippen LogP) is 2.59. The molecule has 2 rings (SSSR count). The minimum absolute atomic E-state index is 0.0634. The number of piperidine rings is 1. The molecule has 5 heteroatoms. The Morgan fingerprint density at radius 3 is 2.50 bits per heavy atom. The van der Waals surface area contributed by atoms with Crippen LogP contribution in [0.25, 0.3) is 0 Å². The van der Waals surface area contributed by atoms with Crippen LogP contribution in [0, 0.1) is 0 Å². The van der Waals surface area contributed by atoms with Gasteiger partial charge in [-0.25, -0.2) is 9.97 Å². The van der Waals surface area contributed by atoms with Gasteiger partial charge in [-0.1, -0.05) is 13.8 Å². The van der Waals surface area contributed by atoms with Crippen LogP contribution in [0.1, 0.15) is 69.2 Å². The summed E-state index contributed by atoms with van der Waals surface area (Å²) in [6.45, 7) is 8.19. The molecule has 2 heterocycles. The number of nitrogens with two attached hydrogens (primary N) is 1. The van der Waals surface area contributed by atoms with Crippen molar-refractivity contribution < 1.29 is 4.79 Å². The van der Waals surface area contributed by atoms with Crippen molar-refractivity contribution in [1.82, 2.24) is 14.9 Å². The quantitative estimate of drug-likeness (QED) is 0.901. The number of hydrogen-bond donors (Lipinski definition) is 1. The minimum atomic E-state index is -0.0634. The standard InChI is InChI=1S/C15H24N4O/c1-9(2)14-17-8-12(16)13(18-14)15(20)19-10(3)6-5-7-11(19)4/h8-11H,5-7,16H2,1-4H3. The third-order valence-electron chi connectivity index (χ3n) is 3.98. The Morgan fingerprint density at radius 1 is 1.35 bits per heavy atom. The van der Waals surface area contributed by atoms with E-state index in [-0.39, 0.29) is 23.9 Å². The first-order chi connectivity index (χ1) is 9.41. The lowest BCUT2D eigenvalue weighted by molar-refractivity contribution is 0.0505. The van der Waals surface area contributed by atoms with Gasteiger partial charge in [-0.2, -0.15) is 0 Å². The molecular formula is C15H24N4O. The molecule has 0 aromatic carbocycles. The third-order valence-corrected chi connectivity index (χ3v) is 3.98. The van der Waals surface area contributed by atoms with Gasteiger partial charge in [0.1, 0.15) is 5.82 Å². The second kappa shape index (κ2) is 5.77. The van der Waals surface area contributed by atoms with Crippen molar-refractivity contribution in [3.05, 3.63) is 17.7 Å². The molecule has 110 valence electrons. The summed E-state index contributed by atoms with van der Waals surface area (Å²) >= 11 is 0. The lowest BCUT2D eigenvalue weighted by Gasteiger charge is -2.39. The molecule has 0 aliphatic carbocycles. The molecule has 0 spiro atoms. The zero-order chi connectivity index (χ0) is 14.9. The van der Waals surface area contributed by atoms with E-state index in [1.54, 1.807) is 6.20 Å². The maximum absolute atomic E-state index is 12.8. The van der Waals surface area contributed by atoms with E-state index >= 15 is 0 Å². The molecule has 1 saturated heterocycles. The van der Waals surface area contributed by atoms with E-state index in [0.717, 1.165) is 12.8 Å². The number of hydrogen-bond acceptors (Lipinski definition) is 4. The highest BCUT2D eigenvalue weighted by atomic mass is 16.2. The van der Waals surface area contributed by atoms with Crippen molar-refractivity contribution >= 4 is 11.6 Å². The van der Waals surface area contributed by atoms with Crippen molar-refractivity contribution in [3.63, 3.8) is 0 Å². The molecule has 1 aliphatic rings. The summed E-state index contributed by atoms with van der Waals surface area (Å²) in [5.74, 6) is 0.782. The minimum Gasteiger partial charge on any atom is -0.396 e. The Hall–Kier alpha value is -1.65. The van der Waals surface area contributed by atoms with Gasteiger partial charge in [-0.05, 0) is 33.1 Å². The van der Waals surface area contributed by atoms with Crippen molar-refractivity contribution in [2.75, 3.05) is 5.73 Å². The fraction of sp³-hybridized carbons (Fsp3) is 0.667. The molecule has 1 aromatic heterocycles. The van der Waals surface area contributed by atoms with Crippen LogP contribution in [-0.2, 0) is 0 Å². The number of rotatable bonds is 2. The van der Waals surface area contributed by atoms with Crippen molar-refractivity contribution in [2.24, 2.45) is 0 Å². The van der Waals surface area contributed by atoms with E-state index in [0.29, 0.717) is 17.2 Å². The van der Waals surface area contributed by atoms with Gasteiger partial charge in [-0.3, -0.25) is 4.79 Å². The molecule has 1 aliphatic heterocycles. The Morgan fingerprint density at radius 2 is 1.95 bits per heavy atom. The Kier molecular flexibility index (Phi) is 4.26. The third kappa shape index (κ3) is 2.76. The summed E-state index contributed by atoms with van der Waals surface area (Å²) in [4.78, 5) is 23.3. The Balaban J connectivity index is 2.34. The normalized spacial score (nSPS) is 23.1. The molecule has 2 unspecified atom stereocenters. The van der Waals surface area contributed by atoms with E-state index in [2.05, 4.69) is 23.8 Å². The second-order valence-electron chi connectivity index (χ2n) is 6.03. The van der Waals surface area contributed by atoms with Crippen molar-refractivity contribution in [2.45, 2.75) is 65.0 Å². The number of amides is 1. The summed E-state index contributed by atoms with van der Waals surface area (Å²) in [7, 11) is 0. The van der Waals surface area contributed by atoms with E-state index in [9.17, 15) is 4.79 Å². The van der Waals surface area contributed by atoms with Crippen LogP contribution >= 0.6 is 0 Å². The SMILES string of the molecule is CC(C)c1ncc(N)c(C(=O)N2C(C)CCCC2C)n1. The number of nitrogen functional groups attached to an aromatic ring is 1. The van der Waals surface area contributed by atoms with E-state index < -0.39 is 0 Å². The highest BCUT2D eigenvalue weighted by Crippen LogP contribution is 2.25. The molecule has 1 amide bonds. The van der Waals surface area contributed by atoms with Gasteiger partial charge in [0.15, 0.2) is 5.69 Å². The number of carbonyl (C=O) groups excluding carboxylic acids is 1.